The van der Waals surface area contributed by atoms with Crippen molar-refractivity contribution in [3.05, 3.63) is 58.9 Å². The van der Waals surface area contributed by atoms with E-state index in [0.717, 1.165) is 11.1 Å². The van der Waals surface area contributed by atoms with Crippen molar-refractivity contribution in [3.63, 3.8) is 0 Å². The van der Waals surface area contributed by atoms with Gasteiger partial charge in [-0.2, -0.15) is 0 Å². The molecule has 0 unspecified atom stereocenters. The van der Waals surface area contributed by atoms with Crippen LogP contribution in [0, 0.1) is 6.92 Å². The molecule has 0 radical (unpaired) electrons. The molecule has 144 valence electrons. The molecule has 0 spiro atoms. The molecule has 0 saturated carbocycles. The zero-order valence-corrected chi connectivity index (χ0v) is 15.3. The van der Waals surface area contributed by atoms with E-state index in [1.807, 2.05) is 13.0 Å². The maximum absolute atomic E-state index is 12.4. The zero-order chi connectivity index (χ0) is 19.8. The summed E-state index contributed by atoms with van der Waals surface area (Å²) in [6.07, 6.45) is -0.438. The molecule has 2 rings (SSSR count). The molecule has 0 aliphatic rings. The Morgan fingerprint density at radius 1 is 1.22 bits per heavy atom. The second-order valence-corrected chi connectivity index (χ2v) is 6.14. The number of Topliss-reactive ketones (excluding diaryl/α,β-unsaturated/α-hetero) is 1. The molecule has 0 saturated heterocycles. The zero-order valence-electron chi connectivity index (χ0n) is 15.3. The first-order valence-electron chi connectivity index (χ1n) is 8.63. The average Bonchev–Trinajstić information content (AvgIpc) is 2.64. The lowest BCUT2D eigenvalue weighted by Gasteiger charge is -2.11. The number of halogens is 2. The van der Waals surface area contributed by atoms with E-state index in [4.69, 9.17) is 4.74 Å². The largest absolute Gasteiger partial charge is 0.488 e. The minimum atomic E-state index is -2.55. The Labute approximate surface area is 156 Å². The highest BCUT2D eigenvalue weighted by Crippen LogP contribution is 2.18. The van der Waals surface area contributed by atoms with Crippen LogP contribution in [0.2, 0.25) is 0 Å². The highest BCUT2D eigenvalue weighted by atomic mass is 19.3. The van der Waals surface area contributed by atoms with Crippen LogP contribution in [0.4, 0.5) is 8.78 Å². The molecule has 0 atom stereocenters. The maximum Gasteiger partial charge on any atom is 0.272 e. The molecule has 27 heavy (non-hydrogen) atoms. The molecule has 7 heteroatoms. The molecular formula is C20H22F2N2O3. The molecule has 1 heterocycles. The van der Waals surface area contributed by atoms with E-state index < -0.39 is 13.0 Å². The van der Waals surface area contributed by atoms with Gasteiger partial charge in [0.25, 0.3) is 12.3 Å². The van der Waals surface area contributed by atoms with E-state index in [1.165, 1.54) is 6.20 Å². The van der Waals surface area contributed by atoms with Crippen LogP contribution >= 0.6 is 0 Å². The topological polar surface area (TPSA) is 68.3 Å². The van der Waals surface area contributed by atoms with Gasteiger partial charge in [0, 0.05) is 36.8 Å². The van der Waals surface area contributed by atoms with Gasteiger partial charge in [-0.3, -0.25) is 14.6 Å². The number of aryl methyl sites for hydroxylation is 1. The Kier molecular flexibility index (Phi) is 7.40. The number of ketones is 1. The van der Waals surface area contributed by atoms with Crippen molar-refractivity contribution in [1.29, 1.82) is 0 Å². The molecule has 1 N–H and O–H groups in total. The Bertz CT molecular complexity index is 810. The third-order valence-corrected chi connectivity index (χ3v) is 3.79. The van der Waals surface area contributed by atoms with Crippen LogP contribution < -0.4 is 10.1 Å². The van der Waals surface area contributed by atoms with E-state index in [9.17, 15) is 18.4 Å². The molecular weight excluding hydrogens is 354 g/mol. The van der Waals surface area contributed by atoms with E-state index >= 15 is 0 Å². The molecule has 0 fully saturated rings. The summed E-state index contributed by atoms with van der Waals surface area (Å²) < 4.78 is 29.6. The average molecular weight is 376 g/mol. The lowest BCUT2D eigenvalue weighted by atomic mass is 10.1. The van der Waals surface area contributed by atoms with Crippen LogP contribution in [-0.4, -0.2) is 29.7 Å². The predicted octanol–water partition coefficient (Wildman–Crippen LogP) is 3.49. The van der Waals surface area contributed by atoms with E-state index in [1.54, 1.807) is 31.2 Å². The molecule has 0 bridgehead atoms. The van der Waals surface area contributed by atoms with Gasteiger partial charge >= 0.3 is 0 Å². The predicted molar refractivity (Wildman–Crippen MR) is 97.1 cm³/mol. The van der Waals surface area contributed by atoms with Crippen molar-refractivity contribution in [1.82, 2.24) is 10.3 Å². The number of benzene rings is 1. The van der Waals surface area contributed by atoms with Gasteiger partial charge in [-0.15, -0.1) is 0 Å². The lowest BCUT2D eigenvalue weighted by Crippen LogP contribution is -2.23. The number of hydrogen-bond donors (Lipinski definition) is 1. The number of nitrogens with zero attached hydrogens (tertiary/aromatic N) is 1. The number of amides is 1. The van der Waals surface area contributed by atoms with E-state index in [2.05, 4.69) is 10.3 Å². The second kappa shape index (κ2) is 9.75. The molecule has 0 aliphatic heterocycles. The smallest absolute Gasteiger partial charge is 0.272 e. The number of rotatable bonds is 9. The van der Waals surface area contributed by atoms with Gasteiger partial charge < -0.3 is 10.1 Å². The summed E-state index contributed by atoms with van der Waals surface area (Å²) >= 11 is 0. The number of nitrogens with one attached hydrogen (secondary N) is 1. The van der Waals surface area contributed by atoms with Crippen molar-refractivity contribution in [2.45, 2.75) is 39.7 Å². The van der Waals surface area contributed by atoms with Gasteiger partial charge in [-0.05, 0) is 42.3 Å². The fourth-order valence-corrected chi connectivity index (χ4v) is 2.50. The number of carbonyl (C=O) groups is 2. The fraction of sp³-hybridized carbons (Fsp3) is 0.350. The summed E-state index contributed by atoms with van der Waals surface area (Å²) in [7, 11) is 0. The Balaban J connectivity index is 2.01. The highest BCUT2D eigenvalue weighted by Gasteiger charge is 2.10. The normalized spacial score (nSPS) is 10.7. The first-order valence-corrected chi connectivity index (χ1v) is 8.63. The highest BCUT2D eigenvalue weighted by molar-refractivity contribution is 5.94. The van der Waals surface area contributed by atoms with Crippen LogP contribution in [0.25, 0.3) is 0 Å². The second-order valence-electron chi connectivity index (χ2n) is 6.14. The lowest BCUT2D eigenvalue weighted by molar-refractivity contribution is -0.118. The first-order chi connectivity index (χ1) is 12.9. The van der Waals surface area contributed by atoms with Crippen molar-refractivity contribution in [3.8, 4) is 5.75 Å². The van der Waals surface area contributed by atoms with Crippen LogP contribution in [-0.2, 0) is 17.8 Å². The third kappa shape index (κ3) is 6.77. The fourth-order valence-electron chi connectivity index (χ4n) is 2.50. The Morgan fingerprint density at radius 2 is 2.00 bits per heavy atom. The summed E-state index contributed by atoms with van der Waals surface area (Å²) in [5.74, 6) is 0.0825. The monoisotopic (exact) mass is 376 g/mol. The molecule has 1 amide bonds. The minimum absolute atomic E-state index is 0.0520. The third-order valence-electron chi connectivity index (χ3n) is 3.79. The van der Waals surface area contributed by atoms with Crippen molar-refractivity contribution in [2.75, 3.05) is 6.61 Å². The van der Waals surface area contributed by atoms with Gasteiger partial charge in [-0.25, -0.2) is 8.78 Å². The standard InChI is InChI=1S/C20H22F2N2O3/c1-3-17(25)10-16-9-15(4-5-23-16)20(26)24-11-14-6-13(2)7-18(8-14)27-12-19(21)22/h4-9,19H,3,10-12H2,1-2H3,(H,24,26). The number of pyridine rings is 1. The molecule has 0 aliphatic carbocycles. The van der Waals surface area contributed by atoms with Gasteiger partial charge in [0.15, 0.2) is 0 Å². The number of ether oxygens (including phenoxy) is 1. The molecule has 2 aromatic rings. The van der Waals surface area contributed by atoms with Crippen molar-refractivity contribution < 1.29 is 23.1 Å². The number of hydrogen-bond acceptors (Lipinski definition) is 4. The van der Waals surface area contributed by atoms with Gasteiger partial charge in [0.1, 0.15) is 18.1 Å². The molecule has 5 nitrogen and oxygen atoms in total. The van der Waals surface area contributed by atoms with E-state index in [-0.39, 0.29) is 24.7 Å². The quantitative estimate of drug-likeness (QED) is 0.727. The number of alkyl halides is 2. The van der Waals surface area contributed by atoms with Crippen LogP contribution in [0.5, 0.6) is 5.75 Å². The first kappa shape index (κ1) is 20.5. The summed E-state index contributed by atoms with van der Waals surface area (Å²) in [5, 5.41) is 2.77. The van der Waals surface area contributed by atoms with Crippen molar-refractivity contribution in [2.24, 2.45) is 0 Å². The molecule has 1 aromatic heterocycles. The molecule has 1 aromatic carbocycles. The summed E-state index contributed by atoms with van der Waals surface area (Å²) in [5.41, 5.74) is 2.54. The Morgan fingerprint density at radius 3 is 2.70 bits per heavy atom. The minimum Gasteiger partial charge on any atom is -0.488 e. The van der Waals surface area contributed by atoms with Crippen LogP contribution in [0.15, 0.2) is 36.5 Å². The Hall–Kier alpha value is -2.83. The summed E-state index contributed by atoms with van der Waals surface area (Å²) in [4.78, 5) is 28.0. The van der Waals surface area contributed by atoms with Crippen LogP contribution in [0.3, 0.4) is 0 Å². The number of aromatic nitrogens is 1. The number of carbonyl (C=O) groups excluding carboxylic acids is 2. The van der Waals surface area contributed by atoms with Crippen LogP contribution in [0.1, 0.15) is 40.5 Å². The summed E-state index contributed by atoms with van der Waals surface area (Å²) in [6, 6.07) is 8.29. The van der Waals surface area contributed by atoms with E-state index in [0.29, 0.717) is 23.4 Å². The van der Waals surface area contributed by atoms with Gasteiger partial charge in [-0.1, -0.05) is 13.0 Å². The van der Waals surface area contributed by atoms with Gasteiger partial charge in [0.2, 0.25) is 0 Å². The maximum atomic E-state index is 12.4. The van der Waals surface area contributed by atoms with Gasteiger partial charge in [0.05, 0.1) is 0 Å². The summed E-state index contributed by atoms with van der Waals surface area (Å²) in [6.45, 7) is 3.14. The SMILES string of the molecule is CCC(=O)Cc1cc(C(=O)NCc2cc(C)cc(OCC(F)F)c2)ccn1. The van der Waals surface area contributed by atoms with Crippen molar-refractivity contribution >= 4 is 11.7 Å².